The first-order valence-corrected chi connectivity index (χ1v) is 7.81. The number of amides is 1. The fourth-order valence-electron chi connectivity index (χ4n) is 2.57. The number of carbonyl (C=O) groups excluding carboxylic acids is 1. The number of nitrogens with zero attached hydrogens (tertiary/aromatic N) is 1. The van der Waals surface area contributed by atoms with E-state index in [1.54, 1.807) is 18.2 Å². The van der Waals surface area contributed by atoms with Crippen LogP contribution in [0.2, 0.25) is 5.02 Å². The molecule has 1 aliphatic rings. The summed E-state index contributed by atoms with van der Waals surface area (Å²) in [7, 11) is 1.97. The first-order chi connectivity index (χ1) is 10.0. The number of hydrogen-bond acceptors (Lipinski definition) is 3. The van der Waals surface area contributed by atoms with Gasteiger partial charge >= 0.3 is 0 Å². The molecule has 0 aromatic heterocycles. The van der Waals surface area contributed by atoms with Gasteiger partial charge in [-0.1, -0.05) is 11.6 Å². The van der Waals surface area contributed by atoms with Crippen molar-refractivity contribution in [2.45, 2.75) is 38.8 Å². The number of nitrogens with one attached hydrogen (secondary N) is 1. The maximum atomic E-state index is 12.7. The summed E-state index contributed by atoms with van der Waals surface area (Å²) < 4.78 is 5.74. The van der Waals surface area contributed by atoms with Gasteiger partial charge in [0.25, 0.3) is 5.91 Å². The number of piperidine rings is 1. The zero-order chi connectivity index (χ0) is 15.4. The Kier molecular flexibility index (Phi) is 7.46. The minimum Gasteiger partial charge on any atom is -0.490 e. The highest BCUT2D eigenvalue weighted by Gasteiger charge is 2.25. The molecule has 1 aromatic rings. The van der Waals surface area contributed by atoms with Crippen LogP contribution in [0.3, 0.4) is 0 Å². The number of likely N-dealkylation sites (tertiary alicyclic amines) is 1. The third-order valence-corrected chi connectivity index (χ3v) is 3.96. The lowest BCUT2D eigenvalue weighted by atomic mass is 10.0. The molecule has 1 saturated heterocycles. The van der Waals surface area contributed by atoms with Gasteiger partial charge in [-0.15, -0.1) is 12.4 Å². The maximum absolute atomic E-state index is 12.7. The number of carbonyl (C=O) groups is 1. The molecule has 1 N–H and O–H groups in total. The first kappa shape index (κ1) is 19.1. The Hall–Kier alpha value is -0.970. The van der Waals surface area contributed by atoms with Crippen LogP contribution in [0.5, 0.6) is 5.75 Å². The Balaban J connectivity index is 0.00000242. The van der Waals surface area contributed by atoms with E-state index in [4.69, 9.17) is 16.3 Å². The molecule has 0 spiro atoms. The van der Waals surface area contributed by atoms with Crippen LogP contribution in [-0.2, 0) is 0 Å². The third-order valence-electron chi connectivity index (χ3n) is 3.73. The smallest absolute Gasteiger partial charge is 0.257 e. The van der Waals surface area contributed by atoms with Crippen molar-refractivity contribution in [2.24, 2.45) is 0 Å². The van der Waals surface area contributed by atoms with E-state index in [2.05, 4.69) is 5.32 Å². The van der Waals surface area contributed by atoms with Crippen LogP contribution in [0.4, 0.5) is 0 Å². The van der Waals surface area contributed by atoms with Crippen molar-refractivity contribution in [2.75, 3.05) is 20.1 Å². The van der Waals surface area contributed by atoms with Crippen LogP contribution in [0.25, 0.3) is 0 Å². The van der Waals surface area contributed by atoms with Crippen LogP contribution >= 0.6 is 24.0 Å². The summed E-state index contributed by atoms with van der Waals surface area (Å²) in [5, 5.41) is 3.82. The fourth-order valence-corrected chi connectivity index (χ4v) is 2.74. The average Bonchev–Trinajstić information content (AvgIpc) is 2.48. The van der Waals surface area contributed by atoms with Gasteiger partial charge in [0.1, 0.15) is 5.75 Å². The SMILES string of the molecule is CNC1CCN(C(=O)c2cc(Cl)ccc2OC(C)C)CC1.Cl. The van der Waals surface area contributed by atoms with Gasteiger partial charge in [-0.2, -0.15) is 0 Å². The van der Waals surface area contributed by atoms with Crippen molar-refractivity contribution >= 4 is 29.9 Å². The predicted octanol–water partition coefficient (Wildman–Crippen LogP) is 3.37. The second-order valence-electron chi connectivity index (χ2n) is 5.66. The predicted molar refractivity (Wildman–Crippen MR) is 92.4 cm³/mol. The van der Waals surface area contributed by atoms with E-state index in [9.17, 15) is 4.79 Å². The van der Waals surface area contributed by atoms with Crippen molar-refractivity contribution in [1.29, 1.82) is 0 Å². The summed E-state index contributed by atoms with van der Waals surface area (Å²) in [5.74, 6) is 0.609. The third kappa shape index (κ3) is 4.77. The summed E-state index contributed by atoms with van der Waals surface area (Å²) in [6, 6.07) is 5.73. The van der Waals surface area contributed by atoms with Gasteiger partial charge in [-0.05, 0) is 51.9 Å². The lowest BCUT2D eigenvalue weighted by molar-refractivity contribution is 0.0701. The molecule has 1 aromatic carbocycles. The topological polar surface area (TPSA) is 41.6 Å². The van der Waals surface area contributed by atoms with E-state index < -0.39 is 0 Å². The Morgan fingerprint density at radius 3 is 2.55 bits per heavy atom. The van der Waals surface area contributed by atoms with E-state index in [0.29, 0.717) is 22.4 Å². The Labute approximate surface area is 143 Å². The van der Waals surface area contributed by atoms with Crippen molar-refractivity contribution in [1.82, 2.24) is 10.2 Å². The molecule has 124 valence electrons. The molecule has 0 bridgehead atoms. The Bertz CT molecular complexity index is 501. The Morgan fingerprint density at radius 2 is 2.00 bits per heavy atom. The minimum atomic E-state index is 0. The fraction of sp³-hybridized carbons (Fsp3) is 0.562. The second-order valence-corrected chi connectivity index (χ2v) is 6.10. The highest BCUT2D eigenvalue weighted by Crippen LogP contribution is 2.26. The second kappa shape index (κ2) is 8.61. The van der Waals surface area contributed by atoms with E-state index in [-0.39, 0.29) is 24.4 Å². The molecule has 0 radical (unpaired) electrons. The van der Waals surface area contributed by atoms with E-state index in [1.165, 1.54) is 0 Å². The van der Waals surface area contributed by atoms with Crippen LogP contribution in [-0.4, -0.2) is 43.1 Å². The van der Waals surface area contributed by atoms with E-state index >= 15 is 0 Å². The molecule has 0 atom stereocenters. The lowest BCUT2D eigenvalue weighted by Gasteiger charge is -2.32. The monoisotopic (exact) mass is 346 g/mol. The van der Waals surface area contributed by atoms with Crippen molar-refractivity contribution < 1.29 is 9.53 Å². The molecule has 6 heteroatoms. The molecule has 4 nitrogen and oxygen atoms in total. The molecule has 2 rings (SSSR count). The van der Waals surface area contributed by atoms with Crippen LogP contribution in [0, 0.1) is 0 Å². The van der Waals surface area contributed by atoms with E-state index in [1.807, 2.05) is 25.8 Å². The molecule has 22 heavy (non-hydrogen) atoms. The zero-order valence-electron chi connectivity index (χ0n) is 13.3. The molecule has 0 aliphatic carbocycles. The molecular weight excluding hydrogens is 323 g/mol. The lowest BCUT2D eigenvalue weighted by Crippen LogP contribution is -2.44. The molecule has 0 saturated carbocycles. The molecule has 1 fully saturated rings. The highest BCUT2D eigenvalue weighted by molar-refractivity contribution is 6.31. The summed E-state index contributed by atoms with van der Waals surface area (Å²) >= 11 is 6.05. The molecule has 1 heterocycles. The van der Waals surface area contributed by atoms with Gasteiger partial charge in [0.15, 0.2) is 0 Å². The Morgan fingerprint density at radius 1 is 1.36 bits per heavy atom. The number of ether oxygens (including phenoxy) is 1. The van der Waals surface area contributed by atoms with Gasteiger partial charge in [-0.25, -0.2) is 0 Å². The zero-order valence-corrected chi connectivity index (χ0v) is 14.8. The normalized spacial score (nSPS) is 15.6. The number of rotatable bonds is 4. The molecular formula is C16H24Cl2N2O2. The molecule has 1 amide bonds. The maximum Gasteiger partial charge on any atom is 0.257 e. The summed E-state index contributed by atoms with van der Waals surface area (Å²) in [6.45, 7) is 5.42. The van der Waals surface area contributed by atoms with Gasteiger partial charge in [0.05, 0.1) is 11.7 Å². The van der Waals surface area contributed by atoms with Crippen molar-refractivity contribution in [3.8, 4) is 5.75 Å². The van der Waals surface area contributed by atoms with Gasteiger partial charge in [-0.3, -0.25) is 4.79 Å². The van der Waals surface area contributed by atoms with Crippen LogP contribution in [0.15, 0.2) is 18.2 Å². The van der Waals surface area contributed by atoms with Crippen molar-refractivity contribution in [3.63, 3.8) is 0 Å². The summed E-state index contributed by atoms with van der Waals surface area (Å²) in [4.78, 5) is 14.6. The highest BCUT2D eigenvalue weighted by atomic mass is 35.5. The average molecular weight is 347 g/mol. The molecule has 0 unspecified atom stereocenters. The standard InChI is InChI=1S/C16H23ClN2O2.ClH/c1-11(2)21-15-5-4-12(17)10-14(15)16(20)19-8-6-13(18-3)7-9-19;/h4-5,10-11,13,18H,6-9H2,1-3H3;1H. The minimum absolute atomic E-state index is 0. The van der Waals surface area contributed by atoms with Gasteiger partial charge < -0.3 is 15.0 Å². The van der Waals surface area contributed by atoms with Crippen LogP contribution in [0.1, 0.15) is 37.0 Å². The summed E-state index contributed by atoms with van der Waals surface area (Å²) in [6.07, 6.45) is 1.97. The molecule has 1 aliphatic heterocycles. The quantitative estimate of drug-likeness (QED) is 0.908. The number of benzene rings is 1. The number of hydrogen-bond donors (Lipinski definition) is 1. The largest absolute Gasteiger partial charge is 0.490 e. The first-order valence-electron chi connectivity index (χ1n) is 7.44. The van der Waals surface area contributed by atoms with Crippen LogP contribution < -0.4 is 10.1 Å². The number of halogens is 2. The van der Waals surface area contributed by atoms with Gasteiger partial charge in [0.2, 0.25) is 0 Å². The van der Waals surface area contributed by atoms with Gasteiger partial charge in [0, 0.05) is 24.2 Å². The summed E-state index contributed by atoms with van der Waals surface area (Å²) in [5.41, 5.74) is 0.555. The van der Waals surface area contributed by atoms with Crippen molar-refractivity contribution in [3.05, 3.63) is 28.8 Å². The van der Waals surface area contributed by atoms with E-state index in [0.717, 1.165) is 25.9 Å².